The fraction of sp³-hybridized carbons (Fsp3) is 0.118. The Kier molecular flexibility index (Phi) is 5.42. The van der Waals surface area contributed by atoms with Crippen LogP contribution in [0.3, 0.4) is 0 Å². The maximum Gasteiger partial charge on any atom is 0.263 e. The first-order valence-corrected chi connectivity index (χ1v) is 8.37. The van der Waals surface area contributed by atoms with Gasteiger partial charge < -0.3 is 10.1 Å². The largest absolute Gasteiger partial charge is 0.484 e. The Hall–Kier alpha value is -2.42. The van der Waals surface area contributed by atoms with E-state index >= 15 is 0 Å². The molecule has 0 aliphatic heterocycles. The van der Waals surface area contributed by atoms with Crippen LogP contribution in [-0.2, 0) is 11.3 Å². The number of hydrogen-bond donors (Lipinski definition) is 1. The van der Waals surface area contributed by atoms with Crippen molar-refractivity contribution in [3.8, 4) is 5.75 Å². The summed E-state index contributed by atoms with van der Waals surface area (Å²) in [6.07, 6.45) is 5.32. The monoisotopic (exact) mass is 434 g/mol. The highest BCUT2D eigenvalue weighted by molar-refractivity contribution is 14.1. The fourth-order valence-electron chi connectivity index (χ4n) is 2.05. The quantitative estimate of drug-likeness (QED) is 0.606. The first kappa shape index (κ1) is 16.4. The first-order valence-electron chi connectivity index (χ1n) is 7.29. The number of anilines is 1. The third-order valence-electron chi connectivity index (χ3n) is 3.16. The summed E-state index contributed by atoms with van der Waals surface area (Å²) in [4.78, 5) is 16.0. The molecule has 0 bridgehead atoms. The Labute approximate surface area is 153 Å². The predicted octanol–water partition coefficient (Wildman–Crippen LogP) is 2.95. The molecule has 24 heavy (non-hydrogen) atoms. The van der Waals surface area contributed by atoms with Gasteiger partial charge in [0.2, 0.25) is 0 Å². The molecule has 3 rings (SSSR count). The van der Waals surface area contributed by atoms with Crippen LogP contribution in [0.15, 0.2) is 61.1 Å². The molecule has 0 saturated carbocycles. The molecule has 6 nitrogen and oxygen atoms in total. The molecule has 0 aliphatic carbocycles. The molecule has 0 unspecified atom stereocenters. The van der Waals surface area contributed by atoms with Crippen LogP contribution in [0.1, 0.15) is 5.56 Å². The van der Waals surface area contributed by atoms with Crippen molar-refractivity contribution in [3.63, 3.8) is 0 Å². The van der Waals surface area contributed by atoms with Gasteiger partial charge in [0.05, 0.1) is 6.54 Å². The molecule has 0 aliphatic rings. The van der Waals surface area contributed by atoms with Gasteiger partial charge in [-0.3, -0.25) is 14.5 Å². The summed E-state index contributed by atoms with van der Waals surface area (Å²) in [5.41, 5.74) is 1.04. The van der Waals surface area contributed by atoms with Crippen molar-refractivity contribution in [2.45, 2.75) is 6.54 Å². The summed E-state index contributed by atoms with van der Waals surface area (Å²) in [6.45, 7) is 0.541. The summed E-state index contributed by atoms with van der Waals surface area (Å²) in [7, 11) is 0. The lowest BCUT2D eigenvalue weighted by Gasteiger charge is -2.06. The van der Waals surface area contributed by atoms with Crippen LogP contribution in [0.5, 0.6) is 5.75 Å². The van der Waals surface area contributed by atoms with Crippen molar-refractivity contribution < 1.29 is 9.53 Å². The highest BCUT2D eigenvalue weighted by Crippen LogP contribution is 2.13. The molecule has 3 aromatic rings. The Morgan fingerprint density at radius 1 is 1.21 bits per heavy atom. The van der Waals surface area contributed by atoms with Crippen LogP contribution in [0.2, 0.25) is 0 Å². The summed E-state index contributed by atoms with van der Waals surface area (Å²) < 4.78 is 8.30. The highest BCUT2D eigenvalue weighted by atomic mass is 127. The predicted molar refractivity (Wildman–Crippen MR) is 98.8 cm³/mol. The molecule has 0 fully saturated rings. The molecule has 0 radical (unpaired) electrons. The zero-order chi connectivity index (χ0) is 16.8. The van der Waals surface area contributed by atoms with E-state index in [1.165, 1.54) is 0 Å². The van der Waals surface area contributed by atoms with E-state index in [0.29, 0.717) is 18.1 Å². The number of halogens is 1. The number of amides is 1. The molecule has 1 amide bonds. The van der Waals surface area contributed by atoms with Crippen molar-refractivity contribution in [1.82, 2.24) is 14.8 Å². The maximum absolute atomic E-state index is 11.9. The molecular weight excluding hydrogens is 419 g/mol. The van der Waals surface area contributed by atoms with Crippen molar-refractivity contribution in [1.29, 1.82) is 0 Å². The summed E-state index contributed by atoms with van der Waals surface area (Å²) in [5.74, 6) is 0.906. The van der Waals surface area contributed by atoms with Gasteiger partial charge in [0.15, 0.2) is 12.4 Å². The standard InChI is InChI=1S/C17H15IN4O2/c18-14-3-5-15(6-4-14)24-12-17(23)20-16-7-9-22(21-16)11-13-2-1-8-19-10-13/h1-10H,11-12H2,(H,20,21,23). The van der Waals surface area contributed by atoms with Crippen molar-refractivity contribution in [2.24, 2.45) is 0 Å². The fourth-order valence-corrected chi connectivity index (χ4v) is 2.41. The SMILES string of the molecule is O=C(COc1ccc(I)cc1)Nc1ccn(Cc2cccnc2)n1. The van der Waals surface area contributed by atoms with Gasteiger partial charge >= 0.3 is 0 Å². The van der Waals surface area contributed by atoms with E-state index in [4.69, 9.17) is 4.74 Å². The number of aromatic nitrogens is 3. The van der Waals surface area contributed by atoms with E-state index in [1.54, 1.807) is 23.1 Å². The van der Waals surface area contributed by atoms with E-state index < -0.39 is 0 Å². The van der Waals surface area contributed by atoms with Gasteiger partial charge in [-0.25, -0.2) is 0 Å². The molecule has 0 spiro atoms. The van der Waals surface area contributed by atoms with Gasteiger partial charge in [-0.2, -0.15) is 5.10 Å². The van der Waals surface area contributed by atoms with Gasteiger partial charge in [-0.15, -0.1) is 0 Å². The van der Waals surface area contributed by atoms with Gasteiger partial charge in [0.1, 0.15) is 5.75 Å². The van der Waals surface area contributed by atoms with Crippen LogP contribution >= 0.6 is 22.6 Å². The molecule has 2 aromatic heterocycles. The minimum atomic E-state index is -0.250. The number of ether oxygens (including phenoxy) is 1. The number of pyridine rings is 1. The first-order chi connectivity index (χ1) is 11.7. The van der Waals surface area contributed by atoms with Crippen LogP contribution in [0, 0.1) is 3.57 Å². The molecule has 122 valence electrons. The number of nitrogens with one attached hydrogen (secondary N) is 1. The molecule has 2 heterocycles. The van der Waals surface area contributed by atoms with Crippen molar-refractivity contribution in [2.75, 3.05) is 11.9 Å². The van der Waals surface area contributed by atoms with Gasteiger partial charge in [0.25, 0.3) is 5.91 Å². The third kappa shape index (κ3) is 4.79. The van der Waals surface area contributed by atoms with Crippen molar-refractivity contribution >= 4 is 34.3 Å². The molecule has 7 heteroatoms. The molecular formula is C17H15IN4O2. The lowest BCUT2D eigenvalue weighted by molar-refractivity contribution is -0.118. The minimum Gasteiger partial charge on any atom is -0.484 e. The second-order valence-electron chi connectivity index (χ2n) is 5.05. The van der Waals surface area contributed by atoms with E-state index in [-0.39, 0.29) is 12.5 Å². The van der Waals surface area contributed by atoms with Crippen LogP contribution in [0.25, 0.3) is 0 Å². The smallest absolute Gasteiger partial charge is 0.263 e. The molecule has 0 atom stereocenters. The van der Waals surface area contributed by atoms with Crippen LogP contribution in [-0.4, -0.2) is 27.3 Å². The summed E-state index contributed by atoms with van der Waals surface area (Å²) in [5, 5.41) is 7.03. The summed E-state index contributed by atoms with van der Waals surface area (Å²) in [6, 6.07) is 13.1. The number of nitrogens with zero attached hydrogens (tertiary/aromatic N) is 3. The summed E-state index contributed by atoms with van der Waals surface area (Å²) >= 11 is 2.21. The highest BCUT2D eigenvalue weighted by Gasteiger charge is 2.06. The normalized spacial score (nSPS) is 10.4. The van der Waals surface area contributed by atoms with Gasteiger partial charge in [0, 0.05) is 28.2 Å². The maximum atomic E-state index is 11.9. The van der Waals surface area contributed by atoms with E-state index in [0.717, 1.165) is 9.13 Å². The average Bonchev–Trinajstić information content (AvgIpc) is 3.02. The number of carbonyl (C=O) groups excluding carboxylic acids is 1. The van der Waals surface area contributed by atoms with Gasteiger partial charge in [-0.1, -0.05) is 6.07 Å². The van der Waals surface area contributed by atoms with E-state index in [9.17, 15) is 4.79 Å². The van der Waals surface area contributed by atoms with Crippen LogP contribution in [0.4, 0.5) is 5.82 Å². The Balaban J connectivity index is 1.50. The Morgan fingerprint density at radius 2 is 2.04 bits per heavy atom. The second-order valence-corrected chi connectivity index (χ2v) is 6.30. The zero-order valence-electron chi connectivity index (χ0n) is 12.7. The minimum absolute atomic E-state index is 0.0595. The molecule has 1 aromatic carbocycles. The lowest BCUT2D eigenvalue weighted by Crippen LogP contribution is -2.20. The Morgan fingerprint density at radius 3 is 2.79 bits per heavy atom. The van der Waals surface area contributed by atoms with Crippen LogP contribution < -0.4 is 10.1 Å². The lowest BCUT2D eigenvalue weighted by atomic mass is 10.3. The average molecular weight is 434 g/mol. The number of rotatable bonds is 6. The third-order valence-corrected chi connectivity index (χ3v) is 3.88. The number of hydrogen-bond acceptors (Lipinski definition) is 4. The Bertz CT molecular complexity index is 803. The second kappa shape index (κ2) is 7.91. The zero-order valence-corrected chi connectivity index (χ0v) is 14.9. The van der Waals surface area contributed by atoms with E-state index in [2.05, 4.69) is 38.0 Å². The van der Waals surface area contributed by atoms with E-state index in [1.807, 2.05) is 42.6 Å². The molecule has 1 N–H and O–H groups in total. The molecule has 0 saturated heterocycles. The van der Waals surface area contributed by atoms with Crippen molar-refractivity contribution in [3.05, 3.63) is 70.2 Å². The number of carbonyl (C=O) groups is 1. The topological polar surface area (TPSA) is 69.0 Å². The van der Waals surface area contributed by atoms with Gasteiger partial charge in [-0.05, 0) is 58.5 Å². The number of benzene rings is 1.